The van der Waals surface area contributed by atoms with Crippen molar-refractivity contribution in [2.24, 2.45) is 11.8 Å². The fraction of sp³-hybridized carbons (Fsp3) is 0.579. The molecule has 0 bridgehead atoms. The maximum atomic E-state index is 12.3. The van der Waals surface area contributed by atoms with E-state index in [1.807, 2.05) is 38.1 Å². The number of carboxylic acids is 1. The lowest BCUT2D eigenvalue weighted by Crippen LogP contribution is -2.52. The number of ether oxygens (including phenoxy) is 1. The van der Waals surface area contributed by atoms with Gasteiger partial charge < -0.3 is 25.0 Å². The Labute approximate surface area is 154 Å². The number of carbonyl (C=O) groups excluding carboxylic acids is 1. The summed E-state index contributed by atoms with van der Waals surface area (Å²) in [4.78, 5) is 27.6. The number of nitrogens with one attached hydrogen (secondary N) is 1. The van der Waals surface area contributed by atoms with Crippen molar-refractivity contribution in [3.63, 3.8) is 0 Å². The fourth-order valence-electron chi connectivity index (χ4n) is 3.14. The number of carbonyl (C=O) groups is 2. The number of benzene rings is 1. The molecule has 2 rings (SSSR count). The van der Waals surface area contributed by atoms with Gasteiger partial charge in [0.15, 0.2) is 0 Å². The minimum atomic E-state index is -0.859. The van der Waals surface area contributed by atoms with Crippen LogP contribution in [0.5, 0.6) is 5.75 Å². The van der Waals surface area contributed by atoms with Crippen LogP contribution in [0.2, 0.25) is 0 Å². The quantitative estimate of drug-likeness (QED) is 0.777. The lowest BCUT2D eigenvalue weighted by molar-refractivity contribution is -0.142. The smallest absolute Gasteiger partial charge is 0.317 e. The molecular formula is C19H29N3O4. The second-order valence-electron chi connectivity index (χ2n) is 7.03. The van der Waals surface area contributed by atoms with Gasteiger partial charge in [-0.05, 0) is 24.5 Å². The number of methoxy groups -OCH3 is 1. The lowest BCUT2D eigenvalue weighted by atomic mass is 9.97. The summed E-state index contributed by atoms with van der Waals surface area (Å²) in [6, 6.07) is 7.68. The molecule has 1 atom stereocenters. The van der Waals surface area contributed by atoms with Crippen molar-refractivity contribution >= 4 is 17.7 Å². The number of amides is 2. The molecule has 26 heavy (non-hydrogen) atoms. The first kappa shape index (κ1) is 19.9. The number of hydrogen-bond donors (Lipinski definition) is 2. The van der Waals surface area contributed by atoms with Gasteiger partial charge in [0.25, 0.3) is 0 Å². The molecule has 1 aromatic carbocycles. The van der Waals surface area contributed by atoms with Crippen molar-refractivity contribution in [2.75, 3.05) is 44.7 Å². The molecule has 7 heteroatoms. The summed E-state index contributed by atoms with van der Waals surface area (Å²) in [5.41, 5.74) is 1.08. The number of anilines is 1. The van der Waals surface area contributed by atoms with Gasteiger partial charge in [0, 0.05) is 44.5 Å². The standard InChI is InChI=1S/C19H29N3O4/c1-14(2)11-15(18(23)24)13-20-19(25)22-9-7-21(8-10-22)16-5-4-6-17(12-16)26-3/h4-6,12,14-15H,7-11,13H2,1-3H3,(H,20,25)(H,23,24). The minimum absolute atomic E-state index is 0.169. The first-order valence-electron chi connectivity index (χ1n) is 9.05. The highest BCUT2D eigenvalue weighted by atomic mass is 16.5. The third-order valence-corrected chi connectivity index (χ3v) is 4.59. The van der Waals surface area contributed by atoms with E-state index in [2.05, 4.69) is 10.2 Å². The van der Waals surface area contributed by atoms with Crippen LogP contribution in [0, 0.1) is 11.8 Å². The van der Waals surface area contributed by atoms with Crippen LogP contribution in [-0.2, 0) is 4.79 Å². The van der Waals surface area contributed by atoms with Gasteiger partial charge >= 0.3 is 12.0 Å². The number of carboxylic acid groups (broad SMARTS) is 1. The van der Waals surface area contributed by atoms with E-state index in [1.165, 1.54) is 0 Å². The molecular weight excluding hydrogens is 334 g/mol. The molecule has 1 aliphatic heterocycles. The van der Waals surface area contributed by atoms with Gasteiger partial charge in [-0.1, -0.05) is 19.9 Å². The predicted molar refractivity (Wildman–Crippen MR) is 101 cm³/mol. The van der Waals surface area contributed by atoms with E-state index in [4.69, 9.17) is 4.74 Å². The SMILES string of the molecule is COc1cccc(N2CCN(C(=O)NCC(CC(C)C)C(=O)O)CC2)c1. The summed E-state index contributed by atoms with van der Waals surface area (Å²) in [5, 5.41) is 12.0. The zero-order valence-corrected chi connectivity index (χ0v) is 15.8. The predicted octanol–water partition coefficient (Wildman–Crippen LogP) is 2.27. The van der Waals surface area contributed by atoms with Crippen LogP contribution in [-0.4, -0.2) is 61.8 Å². The molecule has 2 amide bonds. The number of urea groups is 1. The highest BCUT2D eigenvalue weighted by Crippen LogP contribution is 2.22. The third-order valence-electron chi connectivity index (χ3n) is 4.59. The summed E-state index contributed by atoms with van der Waals surface area (Å²) >= 11 is 0. The number of aliphatic carboxylic acids is 1. The second kappa shape index (κ2) is 9.31. The zero-order chi connectivity index (χ0) is 19.1. The van der Waals surface area contributed by atoms with Crippen molar-refractivity contribution in [1.29, 1.82) is 0 Å². The van der Waals surface area contributed by atoms with Crippen molar-refractivity contribution < 1.29 is 19.4 Å². The Morgan fingerprint density at radius 3 is 2.50 bits per heavy atom. The normalized spacial score (nSPS) is 15.7. The molecule has 0 aliphatic carbocycles. The highest BCUT2D eigenvalue weighted by molar-refractivity contribution is 5.76. The Morgan fingerprint density at radius 2 is 1.92 bits per heavy atom. The Balaban J connectivity index is 1.83. The zero-order valence-electron chi connectivity index (χ0n) is 15.8. The molecule has 0 saturated carbocycles. The van der Waals surface area contributed by atoms with Gasteiger partial charge in [-0.3, -0.25) is 4.79 Å². The van der Waals surface area contributed by atoms with Crippen molar-refractivity contribution in [2.45, 2.75) is 20.3 Å². The first-order chi connectivity index (χ1) is 12.4. The monoisotopic (exact) mass is 363 g/mol. The third kappa shape index (κ3) is 5.54. The average Bonchev–Trinajstić information content (AvgIpc) is 2.64. The van der Waals surface area contributed by atoms with Gasteiger partial charge in [-0.25, -0.2) is 4.79 Å². The Kier molecular flexibility index (Phi) is 7.12. The Morgan fingerprint density at radius 1 is 1.23 bits per heavy atom. The maximum Gasteiger partial charge on any atom is 0.317 e. The topological polar surface area (TPSA) is 82.1 Å². The second-order valence-corrected chi connectivity index (χ2v) is 7.03. The number of rotatable bonds is 7. The van der Waals surface area contributed by atoms with Crippen molar-refractivity contribution in [3.8, 4) is 5.75 Å². The summed E-state index contributed by atoms with van der Waals surface area (Å²) < 4.78 is 5.26. The largest absolute Gasteiger partial charge is 0.497 e. The highest BCUT2D eigenvalue weighted by Gasteiger charge is 2.24. The van der Waals surface area contributed by atoms with Crippen LogP contribution in [0.25, 0.3) is 0 Å². The van der Waals surface area contributed by atoms with Crippen LogP contribution < -0.4 is 15.0 Å². The van der Waals surface area contributed by atoms with E-state index < -0.39 is 11.9 Å². The molecule has 1 saturated heterocycles. The first-order valence-corrected chi connectivity index (χ1v) is 9.05. The van der Waals surface area contributed by atoms with Gasteiger partial charge in [0.2, 0.25) is 0 Å². The summed E-state index contributed by atoms with van der Waals surface area (Å²) in [5.74, 6) is -0.314. The number of nitrogens with zero attached hydrogens (tertiary/aromatic N) is 2. The summed E-state index contributed by atoms with van der Waals surface area (Å²) in [6.07, 6.45) is 0.555. The van der Waals surface area contributed by atoms with Crippen LogP contribution in [0.3, 0.4) is 0 Å². The van der Waals surface area contributed by atoms with Crippen LogP contribution in [0.1, 0.15) is 20.3 Å². The summed E-state index contributed by atoms with van der Waals surface area (Å²) in [7, 11) is 1.64. The number of hydrogen-bond acceptors (Lipinski definition) is 4. The molecule has 1 fully saturated rings. The van der Waals surface area contributed by atoms with Crippen molar-refractivity contribution in [3.05, 3.63) is 24.3 Å². The van der Waals surface area contributed by atoms with Gasteiger partial charge in [0.1, 0.15) is 5.75 Å². The average molecular weight is 363 g/mol. The molecule has 1 unspecified atom stereocenters. The number of piperazine rings is 1. The van der Waals surface area contributed by atoms with Gasteiger partial charge in [-0.2, -0.15) is 0 Å². The van der Waals surface area contributed by atoms with Gasteiger partial charge in [0.05, 0.1) is 13.0 Å². The van der Waals surface area contributed by atoms with E-state index in [0.717, 1.165) is 24.5 Å². The Hall–Kier alpha value is -2.44. The van der Waals surface area contributed by atoms with Crippen LogP contribution in [0.4, 0.5) is 10.5 Å². The van der Waals surface area contributed by atoms with E-state index in [0.29, 0.717) is 19.5 Å². The van der Waals surface area contributed by atoms with Crippen molar-refractivity contribution in [1.82, 2.24) is 10.2 Å². The summed E-state index contributed by atoms with van der Waals surface area (Å²) in [6.45, 7) is 6.80. The fourth-order valence-corrected chi connectivity index (χ4v) is 3.14. The van der Waals surface area contributed by atoms with E-state index in [9.17, 15) is 14.7 Å². The molecule has 2 N–H and O–H groups in total. The molecule has 0 radical (unpaired) electrons. The molecule has 1 heterocycles. The molecule has 144 valence electrons. The molecule has 0 aromatic heterocycles. The lowest BCUT2D eigenvalue weighted by Gasteiger charge is -2.36. The molecule has 0 spiro atoms. The van der Waals surface area contributed by atoms with Crippen LogP contribution >= 0.6 is 0 Å². The van der Waals surface area contributed by atoms with E-state index >= 15 is 0 Å². The maximum absolute atomic E-state index is 12.3. The van der Waals surface area contributed by atoms with Crippen LogP contribution in [0.15, 0.2) is 24.3 Å². The van der Waals surface area contributed by atoms with E-state index in [1.54, 1.807) is 12.0 Å². The van der Waals surface area contributed by atoms with E-state index in [-0.39, 0.29) is 18.5 Å². The molecule has 7 nitrogen and oxygen atoms in total. The minimum Gasteiger partial charge on any atom is -0.497 e. The molecule has 1 aliphatic rings. The Bertz CT molecular complexity index is 613. The van der Waals surface area contributed by atoms with Gasteiger partial charge in [-0.15, -0.1) is 0 Å². The molecule has 1 aromatic rings.